The maximum absolute atomic E-state index is 7.20. The first-order valence-corrected chi connectivity index (χ1v) is 21.8. The molecule has 0 aromatic heterocycles. The molecule has 0 spiro atoms. The minimum absolute atomic E-state index is 0.00823. The van der Waals surface area contributed by atoms with E-state index in [1.165, 1.54) is 78.2 Å². The molecule has 0 radical (unpaired) electrons. The SMILES string of the molecule is CCCCc1cc2c3c(c1)N(c1ccccc1)c1cc4c(cc1B3c1ccccc1N2c1ccccc1)B1c2ccccc2N(c2ccccc2)c2cc(I)cc(c21)O4. The van der Waals surface area contributed by atoms with Crippen LogP contribution in [0, 0.1) is 3.57 Å². The van der Waals surface area contributed by atoms with E-state index in [0.717, 1.165) is 45.7 Å². The van der Waals surface area contributed by atoms with E-state index in [0.29, 0.717) is 0 Å². The van der Waals surface area contributed by atoms with Crippen LogP contribution in [0.4, 0.5) is 51.2 Å². The van der Waals surface area contributed by atoms with Gasteiger partial charge >= 0.3 is 0 Å². The quantitative estimate of drug-likeness (QED) is 0.122. The molecule has 8 aromatic carbocycles. The second-order valence-corrected chi connectivity index (χ2v) is 17.3. The van der Waals surface area contributed by atoms with Crippen LogP contribution in [-0.4, -0.2) is 13.4 Å². The number of aryl methyl sites for hydroxylation is 1. The number of benzene rings is 8. The van der Waals surface area contributed by atoms with E-state index in [4.69, 9.17) is 4.74 Å². The lowest BCUT2D eigenvalue weighted by Crippen LogP contribution is -2.64. The summed E-state index contributed by atoms with van der Waals surface area (Å²) < 4.78 is 8.35. The number of hydrogen-bond acceptors (Lipinski definition) is 4. The first-order valence-electron chi connectivity index (χ1n) is 20.8. The van der Waals surface area contributed by atoms with Crippen LogP contribution in [0.25, 0.3) is 0 Å². The number of halogens is 1. The van der Waals surface area contributed by atoms with Crippen LogP contribution < -0.4 is 52.2 Å². The number of nitrogens with zero attached hydrogens (tertiary/aromatic N) is 3. The van der Waals surface area contributed by atoms with Crippen molar-refractivity contribution in [2.24, 2.45) is 0 Å². The fourth-order valence-electron chi connectivity index (χ4n) is 10.3. The Morgan fingerprint density at radius 3 is 1.49 bits per heavy atom. The third-order valence-corrected chi connectivity index (χ3v) is 13.3. The first-order chi connectivity index (χ1) is 29.2. The highest BCUT2D eigenvalue weighted by Gasteiger charge is 2.47. The van der Waals surface area contributed by atoms with Gasteiger partial charge < -0.3 is 19.4 Å². The number of hydrogen-bond donors (Lipinski definition) is 0. The molecule has 4 aliphatic rings. The number of unbranched alkanes of at least 4 members (excludes halogenated alkanes) is 1. The third kappa shape index (κ3) is 5.30. The highest BCUT2D eigenvalue weighted by Crippen LogP contribution is 2.47. The standard InChI is InChI=1S/C52H38B2IN3O/c1-2-3-17-34-28-46-51-47(29-34)58(38-22-11-6-12-23-38)45-33-49-42(32-41(45)53(51)39-24-13-15-26-43(39)56(46)36-18-7-4-8-19-36)54-40-25-14-16-27-44(40)57(37-20-9-5-10-21-37)48-30-35(55)31-50(59-49)52(48)54/h4-16,18-33H,2-3,17H2,1H3. The van der Waals surface area contributed by atoms with Gasteiger partial charge in [0, 0.05) is 60.8 Å². The van der Waals surface area contributed by atoms with Gasteiger partial charge in [0.1, 0.15) is 11.5 Å². The molecule has 0 saturated carbocycles. The van der Waals surface area contributed by atoms with Crippen molar-refractivity contribution in [2.75, 3.05) is 14.7 Å². The van der Waals surface area contributed by atoms with Crippen LogP contribution in [0.3, 0.4) is 0 Å². The number of para-hydroxylation sites is 5. The highest BCUT2D eigenvalue weighted by atomic mass is 127. The van der Waals surface area contributed by atoms with Crippen molar-refractivity contribution in [3.05, 3.63) is 185 Å². The van der Waals surface area contributed by atoms with Crippen LogP contribution in [0.2, 0.25) is 0 Å². The van der Waals surface area contributed by atoms with Crippen molar-refractivity contribution in [2.45, 2.75) is 26.2 Å². The van der Waals surface area contributed by atoms with Crippen molar-refractivity contribution in [1.29, 1.82) is 0 Å². The second kappa shape index (κ2) is 13.7. The van der Waals surface area contributed by atoms with E-state index in [1.807, 2.05) is 0 Å². The first kappa shape index (κ1) is 34.8. The summed E-state index contributed by atoms with van der Waals surface area (Å²) in [6, 6.07) is 65.0. The van der Waals surface area contributed by atoms with E-state index < -0.39 is 0 Å². The molecule has 0 atom stereocenters. The Morgan fingerprint density at radius 1 is 0.441 bits per heavy atom. The molecule has 0 aliphatic carbocycles. The summed E-state index contributed by atoms with van der Waals surface area (Å²) in [5.41, 5.74) is 19.7. The van der Waals surface area contributed by atoms with Crippen molar-refractivity contribution < 1.29 is 4.74 Å². The zero-order chi connectivity index (χ0) is 39.2. The fraction of sp³-hybridized carbons (Fsp3) is 0.0769. The van der Waals surface area contributed by atoms with Gasteiger partial charge in [0.25, 0.3) is 13.4 Å². The molecule has 280 valence electrons. The summed E-state index contributed by atoms with van der Waals surface area (Å²) >= 11 is 2.46. The number of ether oxygens (including phenoxy) is 1. The molecule has 0 N–H and O–H groups in total. The predicted molar refractivity (Wildman–Crippen MR) is 258 cm³/mol. The zero-order valence-electron chi connectivity index (χ0n) is 32.6. The van der Waals surface area contributed by atoms with E-state index >= 15 is 0 Å². The molecule has 4 heterocycles. The van der Waals surface area contributed by atoms with Crippen LogP contribution in [0.1, 0.15) is 25.3 Å². The van der Waals surface area contributed by atoms with Crippen LogP contribution in [0.5, 0.6) is 11.5 Å². The lowest BCUT2D eigenvalue weighted by molar-refractivity contribution is 0.487. The average Bonchev–Trinajstić information content (AvgIpc) is 3.28. The molecule has 59 heavy (non-hydrogen) atoms. The number of rotatable bonds is 6. The minimum atomic E-state index is -0.00988. The van der Waals surface area contributed by atoms with Gasteiger partial charge in [-0.1, -0.05) is 110 Å². The number of anilines is 9. The maximum atomic E-state index is 7.20. The Balaban J connectivity index is 1.15. The normalized spacial score (nSPS) is 13.8. The van der Waals surface area contributed by atoms with Gasteiger partial charge in [0.2, 0.25) is 0 Å². The molecule has 0 amide bonds. The largest absolute Gasteiger partial charge is 0.458 e. The zero-order valence-corrected chi connectivity index (χ0v) is 34.8. The van der Waals surface area contributed by atoms with Crippen LogP contribution in [-0.2, 0) is 6.42 Å². The summed E-state index contributed by atoms with van der Waals surface area (Å²) in [7, 11) is 0. The van der Waals surface area contributed by atoms with Crippen molar-refractivity contribution in [3.8, 4) is 11.5 Å². The van der Waals surface area contributed by atoms with Gasteiger partial charge in [-0.2, -0.15) is 0 Å². The van der Waals surface area contributed by atoms with E-state index in [-0.39, 0.29) is 13.4 Å². The Labute approximate surface area is 360 Å². The molecule has 0 bridgehead atoms. The Morgan fingerprint density at radius 2 is 0.932 bits per heavy atom. The molecule has 0 unspecified atom stereocenters. The number of fused-ring (bicyclic) bond motifs is 8. The van der Waals surface area contributed by atoms with Crippen LogP contribution >= 0.6 is 22.6 Å². The molecule has 7 heteroatoms. The maximum Gasteiger partial charge on any atom is 0.256 e. The Bertz CT molecular complexity index is 2960. The van der Waals surface area contributed by atoms with Gasteiger partial charge in [-0.05, 0) is 147 Å². The Hall–Kier alpha value is -6.18. The average molecular weight is 869 g/mol. The third-order valence-electron chi connectivity index (χ3n) is 12.7. The molecular formula is C52H38B2IN3O. The topological polar surface area (TPSA) is 19.0 Å². The molecule has 4 nitrogen and oxygen atoms in total. The molecule has 4 aliphatic heterocycles. The second-order valence-electron chi connectivity index (χ2n) is 16.0. The van der Waals surface area contributed by atoms with Crippen molar-refractivity contribution in [1.82, 2.24) is 0 Å². The van der Waals surface area contributed by atoms with E-state index in [2.05, 4.69) is 220 Å². The lowest BCUT2D eigenvalue weighted by Gasteiger charge is -2.45. The highest BCUT2D eigenvalue weighted by molar-refractivity contribution is 14.1. The smallest absolute Gasteiger partial charge is 0.256 e. The summed E-state index contributed by atoms with van der Waals surface area (Å²) in [5, 5.41) is 0. The van der Waals surface area contributed by atoms with Gasteiger partial charge in [0.15, 0.2) is 0 Å². The minimum Gasteiger partial charge on any atom is -0.458 e. The molecule has 8 aromatic rings. The van der Waals surface area contributed by atoms with Gasteiger partial charge in [0.05, 0.1) is 0 Å². The van der Waals surface area contributed by atoms with Gasteiger partial charge in [-0.25, -0.2) is 0 Å². The summed E-state index contributed by atoms with van der Waals surface area (Å²) in [6.45, 7) is 2.28. The summed E-state index contributed by atoms with van der Waals surface area (Å²) in [5.74, 6) is 1.84. The van der Waals surface area contributed by atoms with Crippen LogP contribution in [0.15, 0.2) is 176 Å². The molecule has 12 rings (SSSR count). The lowest BCUT2D eigenvalue weighted by atomic mass is 9.30. The van der Waals surface area contributed by atoms with E-state index in [1.54, 1.807) is 0 Å². The summed E-state index contributed by atoms with van der Waals surface area (Å²) in [4.78, 5) is 7.45. The monoisotopic (exact) mass is 869 g/mol. The fourth-order valence-corrected chi connectivity index (χ4v) is 10.8. The predicted octanol–water partition coefficient (Wildman–Crippen LogP) is 10.1. The van der Waals surface area contributed by atoms with Crippen molar-refractivity contribution >= 4 is 120 Å². The van der Waals surface area contributed by atoms with Gasteiger partial charge in [-0.3, -0.25) is 0 Å². The molecule has 0 fully saturated rings. The molecular weight excluding hydrogens is 831 g/mol. The van der Waals surface area contributed by atoms with E-state index in [9.17, 15) is 0 Å². The van der Waals surface area contributed by atoms with Gasteiger partial charge in [-0.15, -0.1) is 0 Å². The van der Waals surface area contributed by atoms with Crippen molar-refractivity contribution in [3.63, 3.8) is 0 Å². The Kier molecular flexibility index (Phi) is 8.09. The summed E-state index contributed by atoms with van der Waals surface area (Å²) in [6.07, 6.45) is 3.30. The molecule has 0 saturated heterocycles.